The van der Waals surface area contributed by atoms with E-state index < -0.39 is 5.97 Å². The van der Waals surface area contributed by atoms with Gasteiger partial charge in [-0.25, -0.2) is 4.79 Å². The van der Waals surface area contributed by atoms with Crippen molar-refractivity contribution in [1.29, 1.82) is 0 Å². The molecular weight excluding hydrogens is 454 g/mol. The van der Waals surface area contributed by atoms with Crippen molar-refractivity contribution < 1.29 is 19.4 Å². The van der Waals surface area contributed by atoms with Crippen molar-refractivity contribution in [2.45, 2.75) is 46.2 Å². The molecule has 0 saturated heterocycles. The van der Waals surface area contributed by atoms with Crippen molar-refractivity contribution in [1.82, 2.24) is 9.78 Å². The lowest BCUT2D eigenvalue weighted by Crippen LogP contribution is -2.24. The van der Waals surface area contributed by atoms with Crippen molar-refractivity contribution in [3.63, 3.8) is 0 Å². The van der Waals surface area contributed by atoms with E-state index in [9.17, 15) is 9.90 Å². The van der Waals surface area contributed by atoms with Gasteiger partial charge in [0.15, 0.2) is 0 Å². The van der Waals surface area contributed by atoms with Crippen LogP contribution < -0.4 is 9.64 Å². The zero-order valence-electron chi connectivity index (χ0n) is 21.2. The fourth-order valence-electron chi connectivity index (χ4n) is 4.30. The monoisotopic (exact) mass is 489 g/mol. The number of nitrogens with zero attached hydrogens (tertiary/aromatic N) is 3. The molecule has 3 aromatic rings. The average Bonchev–Trinajstić information content (AvgIpc) is 3.27. The quantitative estimate of drug-likeness (QED) is 0.332. The van der Waals surface area contributed by atoms with E-state index in [1.165, 1.54) is 0 Å². The largest absolute Gasteiger partial charge is 0.491 e. The highest BCUT2D eigenvalue weighted by atomic mass is 16.5. The number of aliphatic carboxylic acids is 1. The van der Waals surface area contributed by atoms with Gasteiger partial charge in [0.2, 0.25) is 0 Å². The Morgan fingerprint density at radius 3 is 2.58 bits per heavy atom. The van der Waals surface area contributed by atoms with Gasteiger partial charge in [-0.3, -0.25) is 4.68 Å². The van der Waals surface area contributed by atoms with Gasteiger partial charge < -0.3 is 19.5 Å². The van der Waals surface area contributed by atoms with Crippen LogP contribution in [0.2, 0.25) is 0 Å². The molecule has 7 heteroatoms. The average molecular weight is 490 g/mol. The second kappa shape index (κ2) is 12.4. The summed E-state index contributed by atoms with van der Waals surface area (Å²) < 4.78 is 13.2. The fourth-order valence-corrected chi connectivity index (χ4v) is 4.30. The van der Waals surface area contributed by atoms with Crippen LogP contribution in [0.1, 0.15) is 44.2 Å². The minimum absolute atomic E-state index is 0.421. The van der Waals surface area contributed by atoms with Gasteiger partial charge in [0.05, 0.1) is 12.8 Å². The van der Waals surface area contributed by atoms with Gasteiger partial charge in [-0.05, 0) is 66.8 Å². The van der Waals surface area contributed by atoms with Gasteiger partial charge in [0.1, 0.15) is 12.4 Å². The number of hydrogen-bond donors (Lipinski definition) is 1. The predicted octanol–water partition coefficient (Wildman–Crippen LogP) is 5.64. The second-order valence-corrected chi connectivity index (χ2v) is 8.96. The molecule has 0 fully saturated rings. The molecule has 0 radical (unpaired) electrons. The molecule has 1 N–H and O–H groups in total. The molecule has 2 heterocycles. The number of rotatable bonds is 12. The van der Waals surface area contributed by atoms with Crippen LogP contribution in [-0.4, -0.2) is 47.2 Å². The number of anilines is 1. The molecule has 2 aromatic carbocycles. The predicted molar refractivity (Wildman–Crippen MR) is 142 cm³/mol. The number of ether oxygens (including phenoxy) is 2. The highest BCUT2D eigenvalue weighted by molar-refractivity contribution is 5.94. The number of carboxylic acids is 1. The third kappa shape index (κ3) is 6.55. The molecule has 1 aliphatic heterocycles. The smallest absolute Gasteiger partial charge is 0.331 e. The Hall–Kier alpha value is -3.58. The summed E-state index contributed by atoms with van der Waals surface area (Å²) in [6.45, 7) is 8.22. The minimum Gasteiger partial charge on any atom is -0.491 e. The van der Waals surface area contributed by atoms with Crippen LogP contribution in [0, 0.1) is 0 Å². The Labute approximate surface area is 213 Å². The first-order valence-electron chi connectivity index (χ1n) is 12.7. The second-order valence-electron chi connectivity index (χ2n) is 8.96. The van der Waals surface area contributed by atoms with E-state index >= 15 is 0 Å². The molecule has 0 amide bonds. The third-order valence-electron chi connectivity index (χ3n) is 6.33. The van der Waals surface area contributed by atoms with Crippen molar-refractivity contribution in [2.24, 2.45) is 0 Å². The lowest BCUT2D eigenvalue weighted by molar-refractivity contribution is -0.132. The topological polar surface area (TPSA) is 76.8 Å². The summed E-state index contributed by atoms with van der Waals surface area (Å²) in [7, 11) is 0. The Bertz CT molecular complexity index is 1180. The zero-order valence-corrected chi connectivity index (χ0v) is 21.2. The van der Waals surface area contributed by atoms with Crippen LogP contribution in [0.15, 0.2) is 60.4 Å². The highest BCUT2D eigenvalue weighted by Crippen LogP contribution is 2.33. The van der Waals surface area contributed by atoms with Gasteiger partial charge in [-0.15, -0.1) is 0 Å². The molecule has 1 aromatic heterocycles. The van der Waals surface area contributed by atoms with Crippen LogP contribution in [0.25, 0.3) is 17.2 Å². The number of hydrogen-bond acceptors (Lipinski definition) is 5. The number of carbonyl (C=O) groups is 1. The molecule has 0 bridgehead atoms. The molecular formula is C29H35N3O4. The maximum absolute atomic E-state index is 11.9. The summed E-state index contributed by atoms with van der Waals surface area (Å²) in [6, 6.07) is 14.2. The summed E-state index contributed by atoms with van der Waals surface area (Å²) in [5.41, 5.74) is 5.55. The first-order chi connectivity index (χ1) is 17.6. The summed E-state index contributed by atoms with van der Waals surface area (Å²) in [4.78, 5) is 14.1. The normalized spacial score (nSPS) is 13.2. The number of carboxylic acid groups (broad SMARTS) is 1. The highest BCUT2D eigenvalue weighted by Gasteiger charge is 2.20. The number of aromatic nitrogens is 2. The number of benzene rings is 2. The van der Waals surface area contributed by atoms with Crippen LogP contribution in [-0.2, 0) is 22.6 Å². The van der Waals surface area contributed by atoms with Gasteiger partial charge in [0.25, 0.3) is 0 Å². The Kier molecular flexibility index (Phi) is 8.79. The number of unbranched alkanes of at least 4 members (excludes halogenated alkanes) is 1. The molecule has 0 aliphatic carbocycles. The fraction of sp³-hybridized carbons (Fsp3) is 0.379. The van der Waals surface area contributed by atoms with Gasteiger partial charge in [-0.1, -0.05) is 31.5 Å². The molecule has 0 saturated carbocycles. The lowest BCUT2D eigenvalue weighted by atomic mass is 10.00. The summed E-state index contributed by atoms with van der Waals surface area (Å²) >= 11 is 0. The molecule has 0 atom stereocenters. The van der Waals surface area contributed by atoms with E-state index in [1.54, 1.807) is 0 Å². The van der Waals surface area contributed by atoms with Crippen LogP contribution in [0.5, 0.6) is 5.75 Å². The van der Waals surface area contributed by atoms with Crippen molar-refractivity contribution in [3.05, 3.63) is 71.6 Å². The van der Waals surface area contributed by atoms with E-state index in [0.717, 1.165) is 59.7 Å². The van der Waals surface area contributed by atoms with Crippen molar-refractivity contribution >= 4 is 17.7 Å². The van der Waals surface area contributed by atoms with Crippen LogP contribution in [0.4, 0.5) is 5.69 Å². The number of aryl methyl sites for hydroxylation is 1. The van der Waals surface area contributed by atoms with E-state index in [-0.39, 0.29) is 0 Å². The molecule has 36 heavy (non-hydrogen) atoms. The Morgan fingerprint density at radius 1 is 1.06 bits per heavy atom. The maximum Gasteiger partial charge on any atom is 0.331 e. The first kappa shape index (κ1) is 25.5. The Morgan fingerprint density at radius 2 is 1.86 bits per heavy atom. The Balaban J connectivity index is 1.50. The SMILES string of the molecule is CCCCOCCOc1ccc(-c2ccc3c(c2)C=C(C(=O)O)CCN3Cc2cnn(CC)c2)cc1. The van der Waals surface area contributed by atoms with Gasteiger partial charge >= 0.3 is 5.97 Å². The first-order valence-corrected chi connectivity index (χ1v) is 12.7. The summed E-state index contributed by atoms with van der Waals surface area (Å²) in [5, 5.41) is 14.1. The minimum atomic E-state index is -0.868. The molecule has 190 valence electrons. The van der Waals surface area contributed by atoms with E-state index in [1.807, 2.05) is 47.4 Å². The van der Waals surface area contributed by atoms with Crippen LogP contribution >= 0.6 is 0 Å². The third-order valence-corrected chi connectivity index (χ3v) is 6.33. The van der Waals surface area contributed by atoms with E-state index in [4.69, 9.17) is 9.47 Å². The van der Waals surface area contributed by atoms with Gasteiger partial charge in [-0.2, -0.15) is 5.10 Å². The van der Waals surface area contributed by atoms with Gasteiger partial charge in [0, 0.05) is 49.3 Å². The van der Waals surface area contributed by atoms with Crippen molar-refractivity contribution in [3.8, 4) is 16.9 Å². The van der Waals surface area contributed by atoms with Crippen molar-refractivity contribution in [2.75, 3.05) is 31.3 Å². The maximum atomic E-state index is 11.9. The molecule has 0 unspecified atom stereocenters. The standard InChI is InChI=1S/C29H35N3O4/c1-3-5-14-35-15-16-36-27-9-6-23(7-10-27)24-8-11-28-26(17-24)18-25(29(33)34)12-13-31(28)20-22-19-30-32(4-2)21-22/h6-11,17-19,21H,3-5,12-16,20H2,1-2H3,(H,33,34). The zero-order chi connectivity index (χ0) is 25.3. The molecule has 0 spiro atoms. The van der Waals surface area contributed by atoms with Crippen LogP contribution in [0.3, 0.4) is 0 Å². The summed E-state index contributed by atoms with van der Waals surface area (Å²) in [5.74, 6) is -0.0633. The van der Waals surface area contributed by atoms with E-state index in [0.29, 0.717) is 38.3 Å². The number of fused-ring (bicyclic) bond motifs is 1. The molecule has 4 rings (SSSR count). The molecule has 7 nitrogen and oxygen atoms in total. The summed E-state index contributed by atoms with van der Waals surface area (Å²) in [6.07, 6.45) is 8.42. The lowest BCUT2D eigenvalue weighted by Gasteiger charge is -2.25. The molecule has 1 aliphatic rings. The van der Waals surface area contributed by atoms with E-state index in [2.05, 4.69) is 42.0 Å².